The van der Waals surface area contributed by atoms with E-state index in [9.17, 15) is 4.79 Å². The van der Waals surface area contributed by atoms with E-state index in [0.717, 1.165) is 16.8 Å². The molecule has 1 aromatic carbocycles. The zero-order chi connectivity index (χ0) is 18.0. The lowest BCUT2D eigenvalue weighted by atomic mass is 10.1. The third-order valence-electron chi connectivity index (χ3n) is 3.61. The number of rotatable bonds is 4. The van der Waals surface area contributed by atoms with Crippen molar-refractivity contribution in [3.63, 3.8) is 0 Å². The number of nitrogens with zero attached hydrogens (tertiary/aromatic N) is 2. The number of benzene rings is 1. The van der Waals surface area contributed by atoms with Gasteiger partial charge in [-0.1, -0.05) is 40.6 Å². The van der Waals surface area contributed by atoms with E-state index in [-0.39, 0.29) is 5.91 Å². The maximum atomic E-state index is 12.5. The van der Waals surface area contributed by atoms with Gasteiger partial charge in [-0.2, -0.15) is 0 Å². The van der Waals surface area contributed by atoms with Crippen LogP contribution in [0.2, 0.25) is 5.02 Å². The summed E-state index contributed by atoms with van der Waals surface area (Å²) in [6, 6.07) is 7.59. The number of amides is 1. The third kappa shape index (κ3) is 4.15. The van der Waals surface area contributed by atoms with Crippen LogP contribution in [0.3, 0.4) is 0 Å². The largest absolute Gasteiger partial charge is 0.321 e. The van der Waals surface area contributed by atoms with Crippen LogP contribution in [0.15, 0.2) is 36.7 Å². The Morgan fingerprint density at radius 3 is 2.44 bits per heavy atom. The predicted molar refractivity (Wildman–Crippen MR) is 103 cm³/mol. The molecule has 25 heavy (non-hydrogen) atoms. The van der Waals surface area contributed by atoms with E-state index < -0.39 is 0 Å². The third-order valence-corrected chi connectivity index (χ3v) is 4.74. The molecule has 3 aromatic rings. The van der Waals surface area contributed by atoms with Gasteiger partial charge in [-0.25, -0.2) is 9.97 Å². The van der Waals surface area contributed by atoms with Crippen LogP contribution >= 0.6 is 22.9 Å². The first-order chi connectivity index (χ1) is 11.9. The smallest absolute Gasteiger partial charge is 0.267 e. The fourth-order valence-corrected chi connectivity index (χ4v) is 3.38. The van der Waals surface area contributed by atoms with Gasteiger partial charge in [0, 0.05) is 11.9 Å². The maximum absolute atomic E-state index is 12.5. The normalized spacial score (nSPS) is 10.6. The quantitative estimate of drug-likeness (QED) is 0.667. The Hall–Kier alpha value is -2.44. The highest BCUT2D eigenvalue weighted by molar-refractivity contribution is 7.17. The summed E-state index contributed by atoms with van der Waals surface area (Å²) in [5.41, 5.74) is 4.10. The van der Waals surface area contributed by atoms with Crippen LogP contribution in [0.4, 0.5) is 16.6 Å². The molecule has 0 saturated heterocycles. The second-order valence-corrected chi connectivity index (χ2v) is 7.21. The van der Waals surface area contributed by atoms with Crippen LogP contribution in [0.25, 0.3) is 0 Å². The van der Waals surface area contributed by atoms with Crippen molar-refractivity contribution in [3.05, 3.63) is 63.2 Å². The number of anilines is 3. The number of aromatic nitrogens is 2. The maximum Gasteiger partial charge on any atom is 0.267 e. The first-order valence-electron chi connectivity index (χ1n) is 7.66. The van der Waals surface area contributed by atoms with Gasteiger partial charge in [-0.3, -0.25) is 4.79 Å². The number of halogens is 1. The van der Waals surface area contributed by atoms with Gasteiger partial charge in [0.2, 0.25) is 0 Å². The van der Waals surface area contributed by atoms with Crippen LogP contribution in [0.1, 0.15) is 26.4 Å². The number of pyridine rings is 1. The molecular formula is C18H17ClN4OS. The molecule has 1 amide bonds. The van der Waals surface area contributed by atoms with Crippen molar-refractivity contribution in [3.8, 4) is 0 Å². The summed E-state index contributed by atoms with van der Waals surface area (Å²) < 4.78 is 0. The second kappa shape index (κ2) is 7.21. The van der Waals surface area contributed by atoms with Crippen molar-refractivity contribution in [2.45, 2.75) is 20.8 Å². The van der Waals surface area contributed by atoms with Crippen LogP contribution in [0, 0.1) is 20.8 Å². The molecule has 0 aliphatic heterocycles. The Morgan fingerprint density at radius 1 is 1.08 bits per heavy atom. The van der Waals surface area contributed by atoms with Crippen LogP contribution in [0.5, 0.6) is 0 Å². The standard InChI is InChI=1S/C18H17ClN4OS/c1-10-6-11(2)16(12(3)7-10)23-17(24)14-9-21-18(25-14)22-15-5-4-13(19)8-20-15/h4-9H,1-3H3,(H,23,24)(H,20,21,22). The molecule has 2 heterocycles. The second-order valence-electron chi connectivity index (χ2n) is 5.74. The van der Waals surface area contributed by atoms with Gasteiger partial charge in [-0.05, 0) is 44.0 Å². The summed E-state index contributed by atoms with van der Waals surface area (Å²) in [6.07, 6.45) is 3.10. The molecule has 2 N–H and O–H groups in total. The van der Waals surface area contributed by atoms with Crippen molar-refractivity contribution >= 4 is 45.5 Å². The zero-order valence-corrected chi connectivity index (χ0v) is 15.6. The molecule has 5 nitrogen and oxygen atoms in total. The van der Waals surface area contributed by atoms with Crippen LogP contribution in [-0.4, -0.2) is 15.9 Å². The average Bonchev–Trinajstić information content (AvgIpc) is 3.01. The fraction of sp³-hybridized carbons (Fsp3) is 0.167. The number of carbonyl (C=O) groups is 1. The molecule has 0 spiro atoms. The SMILES string of the molecule is Cc1cc(C)c(NC(=O)c2cnc(Nc3ccc(Cl)cn3)s2)c(C)c1. The number of aryl methyl sites for hydroxylation is 3. The van der Waals surface area contributed by atoms with Crippen LogP contribution < -0.4 is 10.6 Å². The van der Waals surface area contributed by atoms with Gasteiger partial charge in [0.05, 0.1) is 11.2 Å². The molecule has 2 aromatic heterocycles. The highest BCUT2D eigenvalue weighted by Gasteiger charge is 2.14. The number of nitrogens with one attached hydrogen (secondary N) is 2. The van der Waals surface area contributed by atoms with Crippen molar-refractivity contribution < 1.29 is 4.79 Å². The Bertz CT molecular complexity index is 898. The van der Waals surface area contributed by atoms with E-state index in [4.69, 9.17) is 11.6 Å². The minimum atomic E-state index is -0.176. The topological polar surface area (TPSA) is 66.9 Å². The molecule has 0 aliphatic rings. The molecular weight excluding hydrogens is 356 g/mol. The number of hydrogen-bond donors (Lipinski definition) is 2. The first kappa shape index (κ1) is 17.4. The summed E-state index contributed by atoms with van der Waals surface area (Å²) in [4.78, 5) is 21.4. The predicted octanol–water partition coefficient (Wildman–Crippen LogP) is 5.11. The summed E-state index contributed by atoms with van der Waals surface area (Å²) >= 11 is 7.08. The van der Waals surface area contributed by atoms with Crippen molar-refractivity contribution in [1.29, 1.82) is 0 Å². The summed E-state index contributed by atoms with van der Waals surface area (Å²) in [5.74, 6) is 0.445. The van der Waals surface area contributed by atoms with Gasteiger partial charge >= 0.3 is 0 Å². The molecule has 3 rings (SSSR count). The first-order valence-corrected chi connectivity index (χ1v) is 8.85. The lowest BCUT2D eigenvalue weighted by Gasteiger charge is -2.12. The lowest BCUT2D eigenvalue weighted by molar-refractivity contribution is 0.103. The van der Waals surface area contributed by atoms with E-state index in [2.05, 4.69) is 32.7 Å². The van der Waals surface area contributed by atoms with E-state index in [0.29, 0.717) is 20.8 Å². The van der Waals surface area contributed by atoms with E-state index in [1.807, 2.05) is 20.8 Å². The molecule has 0 saturated carbocycles. The van der Waals surface area contributed by atoms with Gasteiger partial charge in [0.15, 0.2) is 5.13 Å². The number of thiazole rings is 1. The molecule has 7 heteroatoms. The Kier molecular flexibility index (Phi) is 5.01. The Morgan fingerprint density at radius 2 is 1.80 bits per heavy atom. The highest BCUT2D eigenvalue weighted by atomic mass is 35.5. The van der Waals surface area contributed by atoms with Crippen molar-refractivity contribution in [1.82, 2.24) is 9.97 Å². The molecule has 0 unspecified atom stereocenters. The van der Waals surface area contributed by atoms with Gasteiger partial charge < -0.3 is 10.6 Å². The summed E-state index contributed by atoms with van der Waals surface area (Å²) in [6.45, 7) is 6.01. The molecule has 0 fully saturated rings. The van der Waals surface area contributed by atoms with E-state index in [1.54, 1.807) is 24.5 Å². The summed E-state index contributed by atoms with van der Waals surface area (Å²) in [7, 11) is 0. The van der Waals surface area contributed by atoms with E-state index in [1.165, 1.54) is 16.9 Å². The summed E-state index contributed by atoms with van der Waals surface area (Å²) in [5, 5.41) is 7.19. The van der Waals surface area contributed by atoms with Crippen molar-refractivity contribution in [2.75, 3.05) is 10.6 Å². The van der Waals surface area contributed by atoms with Gasteiger partial charge in [-0.15, -0.1) is 0 Å². The molecule has 0 aliphatic carbocycles. The van der Waals surface area contributed by atoms with Gasteiger partial charge in [0.1, 0.15) is 10.7 Å². The number of carbonyl (C=O) groups excluding carboxylic acids is 1. The zero-order valence-electron chi connectivity index (χ0n) is 14.1. The Labute approximate surface area is 155 Å². The van der Waals surface area contributed by atoms with Crippen LogP contribution in [-0.2, 0) is 0 Å². The molecule has 0 bridgehead atoms. The number of hydrogen-bond acceptors (Lipinski definition) is 5. The Balaban J connectivity index is 1.74. The molecule has 0 radical (unpaired) electrons. The molecule has 128 valence electrons. The van der Waals surface area contributed by atoms with Crippen molar-refractivity contribution in [2.24, 2.45) is 0 Å². The minimum Gasteiger partial charge on any atom is -0.321 e. The lowest BCUT2D eigenvalue weighted by Crippen LogP contribution is -2.12. The van der Waals surface area contributed by atoms with E-state index >= 15 is 0 Å². The average molecular weight is 373 g/mol. The fourth-order valence-electron chi connectivity index (χ4n) is 2.55. The minimum absolute atomic E-state index is 0.176. The monoisotopic (exact) mass is 372 g/mol. The van der Waals surface area contributed by atoms with Gasteiger partial charge in [0.25, 0.3) is 5.91 Å². The highest BCUT2D eigenvalue weighted by Crippen LogP contribution is 2.26. The molecule has 0 atom stereocenters.